The summed E-state index contributed by atoms with van der Waals surface area (Å²) in [6, 6.07) is -0.0655. The number of unbranched alkanes of at least 4 members (excludes halogenated alkanes) is 2. The smallest absolute Gasteiger partial charge is 0.252 e. The van der Waals surface area contributed by atoms with Gasteiger partial charge < -0.3 is 5.73 Å². The maximum atomic E-state index is 12.1. The van der Waals surface area contributed by atoms with Crippen molar-refractivity contribution in [1.82, 2.24) is 9.71 Å². The zero-order valence-electron chi connectivity index (χ0n) is 11.1. The summed E-state index contributed by atoms with van der Waals surface area (Å²) in [5.41, 5.74) is 5.98. The van der Waals surface area contributed by atoms with Gasteiger partial charge in [-0.1, -0.05) is 37.5 Å². The molecule has 0 fully saturated rings. The van der Waals surface area contributed by atoms with Crippen LogP contribution in [0.4, 0.5) is 5.13 Å². The van der Waals surface area contributed by atoms with E-state index < -0.39 is 10.0 Å². The van der Waals surface area contributed by atoms with Crippen molar-refractivity contribution in [1.29, 1.82) is 0 Å². The fourth-order valence-electron chi connectivity index (χ4n) is 1.73. The normalized spacial score (nSPS) is 13.7. The Kier molecular flexibility index (Phi) is 5.55. The van der Waals surface area contributed by atoms with Crippen LogP contribution in [0.1, 0.15) is 45.2 Å². The predicted molar refractivity (Wildman–Crippen MR) is 75.2 cm³/mol. The molecule has 0 aliphatic carbocycles. The molecule has 1 heterocycles. The van der Waals surface area contributed by atoms with Gasteiger partial charge in [0.05, 0.1) is 5.69 Å². The fraction of sp³-hybridized carbons (Fsp3) is 0.727. The number of nitrogen functional groups attached to an aromatic ring is 1. The van der Waals surface area contributed by atoms with Gasteiger partial charge in [-0.2, -0.15) is 0 Å². The van der Waals surface area contributed by atoms with Crippen LogP contribution >= 0.6 is 11.3 Å². The summed E-state index contributed by atoms with van der Waals surface area (Å²) < 4.78 is 27.1. The van der Waals surface area contributed by atoms with E-state index >= 15 is 0 Å². The van der Waals surface area contributed by atoms with Crippen LogP contribution in [-0.4, -0.2) is 19.4 Å². The van der Waals surface area contributed by atoms with Gasteiger partial charge in [0, 0.05) is 6.04 Å². The Labute approximate surface area is 113 Å². The van der Waals surface area contributed by atoms with Crippen molar-refractivity contribution in [2.45, 2.75) is 56.7 Å². The number of aromatic nitrogens is 1. The molecule has 0 amide bonds. The largest absolute Gasteiger partial charge is 0.375 e. The van der Waals surface area contributed by atoms with Crippen LogP contribution in [0, 0.1) is 6.92 Å². The van der Waals surface area contributed by atoms with E-state index in [9.17, 15) is 8.42 Å². The Bertz CT molecular complexity index is 482. The minimum Gasteiger partial charge on any atom is -0.375 e. The molecular formula is C11H21N3O2S2. The van der Waals surface area contributed by atoms with Crippen LogP contribution in [0.15, 0.2) is 4.21 Å². The molecule has 3 N–H and O–H groups in total. The number of nitrogens with zero attached hydrogens (tertiary/aromatic N) is 1. The number of hydrogen-bond donors (Lipinski definition) is 2. The van der Waals surface area contributed by atoms with Crippen LogP contribution in [0.2, 0.25) is 0 Å². The Morgan fingerprint density at radius 1 is 1.44 bits per heavy atom. The van der Waals surface area contributed by atoms with Gasteiger partial charge >= 0.3 is 0 Å². The third-order valence-corrected chi connectivity index (χ3v) is 5.80. The molecule has 5 nitrogen and oxygen atoms in total. The first-order valence-corrected chi connectivity index (χ1v) is 8.42. The second-order valence-electron chi connectivity index (χ2n) is 4.44. The van der Waals surface area contributed by atoms with Crippen molar-refractivity contribution in [3.8, 4) is 0 Å². The second-order valence-corrected chi connectivity index (χ2v) is 7.38. The number of sulfonamides is 1. The van der Waals surface area contributed by atoms with E-state index in [4.69, 9.17) is 5.73 Å². The van der Waals surface area contributed by atoms with Gasteiger partial charge in [0.15, 0.2) is 9.34 Å². The highest BCUT2D eigenvalue weighted by molar-refractivity contribution is 7.91. The number of aryl methyl sites for hydroxylation is 1. The lowest BCUT2D eigenvalue weighted by Gasteiger charge is -2.13. The average molecular weight is 291 g/mol. The van der Waals surface area contributed by atoms with Crippen LogP contribution in [0.3, 0.4) is 0 Å². The molecule has 0 radical (unpaired) electrons. The third kappa shape index (κ3) is 4.22. The predicted octanol–water partition coefficient (Wildman–Crippen LogP) is 2.28. The molecule has 1 aromatic heterocycles. The highest BCUT2D eigenvalue weighted by Crippen LogP contribution is 2.25. The highest BCUT2D eigenvalue weighted by Gasteiger charge is 2.22. The third-order valence-electron chi connectivity index (χ3n) is 2.61. The van der Waals surface area contributed by atoms with E-state index in [0.717, 1.165) is 37.0 Å². The van der Waals surface area contributed by atoms with E-state index in [2.05, 4.69) is 16.6 Å². The summed E-state index contributed by atoms with van der Waals surface area (Å²) in [5.74, 6) is 0. The maximum absolute atomic E-state index is 12.1. The van der Waals surface area contributed by atoms with Gasteiger partial charge in [-0.15, -0.1) is 0 Å². The Morgan fingerprint density at radius 3 is 2.61 bits per heavy atom. The lowest BCUT2D eigenvalue weighted by molar-refractivity contribution is 0.528. The molecule has 0 saturated carbocycles. The zero-order chi connectivity index (χ0) is 13.8. The summed E-state index contributed by atoms with van der Waals surface area (Å²) >= 11 is 1.01. The molecule has 1 unspecified atom stereocenters. The van der Waals surface area contributed by atoms with Crippen molar-refractivity contribution in [2.24, 2.45) is 0 Å². The molecule has 104 valence electrons. The van der Waals surface area contributed by atoms with Crippen molar-refractivity contribution < 1.29 is 8.42 Å². The minimum atomic E-state index is -3.48. The average Bonchev–Trinajstić information content (AvgIpc) is 2.58. The van der Waals surface area contributed by atoms with Crippen LogP contribution in [-0.2, 0) is 10.0 Å². The van der Waals surface area contributed by atoms with E-state index in [-0.39, 0.29) is 15.4 Å². The van der Waals surface area contributed by atoms with E-state index in [0.29, 0.717) is 5.69 Å². The molecule has 0 aromatic carbocycles. The monoisotopic (exact) mass is 291 g/mol. The molecule has 7 heteroatoms. The SMILES string of the molecule is CCCCCC(C)NS(=O)(=O)c1sc(N)nc1C. The van der Waals surface area contributed by atoms with Crippen molar-refractivity contribution in [3.05, 3.63) is 5.69 Å². The van der Waals surface area contributed by atoms with Gasteiger partial charge in [0.2, 0.25) is 0 Å². The molecule has 0 aliphatic heterocycles. The van der Waals surface area contributed by atoms with Gasteiger partial charge in [-0.05, 0) is 20.3 Å². The van der Waals surface area contributed by atoms with Crippen LogP contribution < -0.4 is 10.5 Å². The Morgan fingerprint density at radius 2 is 2.11 bits per heavy atom. The number of anilines is 1. The Balaban J connectivity index is 2.67. The first-order valence-electron chi connectivity index (χ1n) is 6.12. The van der Waals surface area contributed by atoms with Gasteiger partial charge in [-0.3, -0.25) is 0 Å². The first-order chi connectivity index (χ1) is 8.36. The van der Waals surface area contributed by atoms with Crippen LogP contribution in [0.25, 0.3) is 0 Å². The number of nitrogens with two attached hydrogens (primary N) is 1. The van der Waals surface area contributed by atoms with Gasteiger partial charge in [-0.25, -0.2) is 18.1 Å². The summed E-state index contributed by atoms with van der Waals surface area (Å²) in [4.78, 5) is 3.94. The van der Waals surface area contributed by atoms with Crippen molar-refractivity contribution in [2.75, 3.05) is 5.73 Å². The standard InChI is InChI=1S/C11H21N3O2S2/c1-4-5-6-7-8(2)14-18(15,16)10-9(3)13-11(12)17-10/h8,14H,4-7H2,1-3H3,(H2,12,13). The minimum absolute atomic E-state index is 0.0655. The maximum Gasteiger partial charge on any atom is 0.252 e. The summed E-state index contributed by atoms with van der Waals surface area (Å²) in [7, 11) is -3.48. The van der Waals surface area contributed by atoms with Gasteiger partial charge in [0.25, 0.3) is 10.0 Å². The lowest BCUT2D eigenvalue weighted by atomic mass is 10.1. The molecule has 0 bridgehead atoms. The Hall–Kier alpha value is -0.660. The zero-order valence-corrected chi connectivity index (χ0v) is 12.7. The van der Waals surface area contributed by atoms with Crippen LogP contribution in [0.5, 0.6) is 0 Å². The van der Waals surface area contributed by atoms with E-state index in [1.54, 1.807) is 6.92 Å². The summed E-state index contributed by atoms with van der Waals surface area (Å²) in [5, 5.41) is 0.284. The van der Waals surface area contributed by atoms with E-state index in [1.807, 2.05) is 6.92 Å². The quantitative estimate of drug-likeness (QED) is 0.755. The van der Waals surface area contributed by atoms with Crippen molar-refractivity contribution in [3.63, 3.8) is 0 Å². The first kappa shape index (κ1) is 15.4. The number of thiazole rings is 1. The summed E-state index contributed by atoms with van der Waals surface area (Å²) in [6.45, 7) is 5.66. The second kappa shape index (κ2) is 6.49. The number of hydrogen-bond acceptors (Lipinski definition) is 5. The molecule has 1 aromatic rings. The molecule has 18 heavy (non-hydrogen) atoms. The molecule has 0 spiro atoms. The number of rotatable bonds is 7. The van der Waals surface area contributed by atoms with E-state index in [1.165, 1.54) is 0 Å². The lowest BCUT2D eigenvalue weighted by Crippen LogP contribution is -2.32. The topological polar surface area (TPSA) is 85.1 Å². The highest BCUT2D eigenvalue weighted by atomic mass is 32.2. The van der Waals surface area contributed by atoms with Crippen molar-refractivity contribution >= 4 is 26.5 Å². The molecule has 1 atom stereocenters. The molecular weight excluding hydrogens is 270 g/mol. The molecule has 1 rings (SSSR count). The summed E-state index contributed by atoms with van der Waals surface area (Å²) in [6.07, 6.45) is 4.13. The fourth-order valence-corrected chi connectivity index (χ4v) is 4.32. The number of nitrogens with one attached hydrogen (secondary N) is 1. The molecule has 0 aliphatic rings. The van der Waals surface area contributed by atoms with Gasteiger partial charge in [0.1, 0.15) is 0 Å². The molecule has 0 saturated heterocycles.